The van der Waals surface area contributed by atoms with Crippen LogP contribution in [0.25, 0.3) is 0 Å². The highest BCUT2D eigenvalue weighted by Gasteiger charge is 2.34. The minimum Gasteiger partial charge on any atom is -0.444 e. The SMILES string of the molecule is CCNC(=NCC(=O)Nc1cccc(F)c1)NC1CN(C(=O)OC(C)(C)C)C1. The van der Waals surface area contributed by atoms with Crippen molar-refractivity contribution >= 4 is 23.6 Å². The van der Waals surface area contributed by atoms with Crippen molar-refractivity contribution in [3.63, 3.8) is 0 Å². The molecule has 3 N–H and O–H groups in total. The number of hydrogen-bond acceptors (Lipinski definition) is 4. The summed E-state index contributed by atoms with van der Waals surface area (Å²) >= 11 is 0. The second kappa shape index (κ2) is 9.38. The van der Waals surface area contributed by atoms with Crippen molar-refractivity contribution in [2.24, 2.45) is 4.99 Å². The summed E-state index contributed by atoms with van der Waals surface area (Å²) in [7, 11) is 0. The summed E-state index contributed by atoms with van der Waals surface area (Å²) in [6.45, 7) is 8.89. The second-order valence-electron chi connectivity index (χ2n) is 7.48. The van der Waals surface area contributed by atoms with Gasteiger partial charge in [-0.2, -0.15) is 0 Å². The predicted octanol–water partition coefficient (Wildman–Crippen LogP) is 1.94. The zero-order chi connectivity index (χ0) is 20.7. The number of nitrogens with zero attached hydrogens (tertiary/aromatic N) is 2. The summed E-state index contributed by atoms with van der Waals surface area (Å²) in [5.74, 6) is -0.298. The average molecular weight is 393 g/mol. The Balaban J connectivity index is 1.81. The number of benzene rings is 1. The Bertz CT molecular complexity index is 727. The third-order valence-corrected chi connectivity index (χ3v) is 3.71. The summed E-state index contributed by atoms with van der Waals surface area (Å²) in [5.41, 5.74) is -0.147. The topological polar surface area (TPSA) is 95.1 Å². The molecule has 8 nitrogen and oxygen atoms in total. The number of halogens is 1. The fourth-order valence-corrected chi connectivity index (χ4v) is 2.48. The fourth-order valence-electron chi connectivity index (χ4n) is 2.48. The molecule has 1 fully saturated rings. The molecule has 0 aliphatic carbocycles. The van der Waals surface area contributed by atoms with Crippen LogP contribution in [-0.2, 0) is 9.53 Å². The largest absolute Gasteiger partial charge is 0.444 e. The van der Waals surface area contributed by atoms with Crippen LogP contribution in [0, 0.1) is 5.82 Å². The third-order valence-electron chi connectivity index (χ3n) is 3.71. The lowest BCUT2D eigenvalue weighted by Gasteiger charge is -2.40. The lowest BCUT2D eigenvalue weighted by molar-refractivity contribution is -0.114. The van der Waals surface area contributed by atoms with Crippen LogP contribution in [0.15, 0.2) is 29.3 Å². The molecule has 28 heavy (non-hydrogen) atoms. The monoisotopic (exact) mass is 393 g/mol. The highest BCUT2D eigenvalue weighted by molar-refractivity contribution is 5.94. The molecule has 1 saturated heterocycles. The predicted molar refractivity (Wildman–Crippen MR) is 106 cm³/mol. The summed E-state index contributed by atoms with van der Waals surface area (Å²) in [5, 5.41) is 8.83. The van der Waals surface area contributed by atoms with Crippen LogP contribution in [0.4, 0.5) is 14.9 Å². The van der Waals surface area contributed by atoms with Crippen LogP contribution in [0.5, 0.6) is 0 Å². The smallest absolute Gasteiger partial charge is 0.410 e. The van der Waals surface area contributed by atoms with Crippen molar-refractivity contribution in [3.8, 4) is 0 Å². The van der Waals surface area contributed by atoms with Crippen molar-refractivity contribution < 1.29 is 18.7 Å². The van der Waals surface area contributed by atoms with Crippen LogP contribution in [0.3, 0.4) is 0 Å². The molecule has 2 amide bonds. The van der Waals surface area contributed by atoms with E-state index in [4.69, 9.17) is 4.74 Å². The number of hydrogen-bond donors (Lipinski definition) is 3. The normalized spacial score (nSPS) is 14.9. The summed E-state index contributed by atoms with van der Waals surface area (Å²) in [4.78, 5) is 29.8. The van der Waals surface area contributed by atoms with Gasteiger partial charge < -0.3 is 25.6 Å². The zero-order valence-corrected chi connectivity index (χ0v) is 16.7. The molecular weight excluding hydrogens is 365 g/mol. The van der Waals surface area contributed by atoms with E-state index >= 15 is 0 Å². The maximum atomic E-state index is 13.2. The van der Waals surface area contributed by atoms with Gasteiger partial charge in [-0.05, 0) is 45.9 Å². The molecule has 0 atom stereocenters. The van der Waals surface area contributed by atoms with Crippen LogP contribution < -0.4 is 16.0 Å². The van der Waals surface area contributed by atoms with E-state index in [1.165, 1.54) is 18.2 Å². The number of rotatable bonds is 5. The second-order valence-corrected chi connectivity index (χ2v) is 7.48. The molecule has 154 valence electrons. The number of likely N-dealkylation sites (tertiary alicyclic amines) is 1. The molecule has 0 aromatic heterocycles. The van der Waals surface area contributed by atoms with Crippen molar-refractivity contribution in [1.82, 2.24) is 15.5 Å². The standard InChI is InChI=1S/C19H28FN5O3/c1-5-21-17(22-10-16(26)23-14-8-6-7-13(20)9-14)24-15-11-25(12-15)18(27)28-19(2,3)4/h6-9,15H,5,10-12H2,1-4H3,(H,23,26)(H2,21,22,24). The molecule has 9 heteroatoms. The van der Waals surface area contributed by atoms with E-state index in [0.717, 1.165) is 0 Å². The summed E-state index contributed by atoms with van der Waals surface area (Å²) in [6, 6.07) is 5.70. The number of amides is 2. The van der Waals surface area contributed by atoms with E-state index in [1.807, 2.05) is 27.7 Å². The maximum Gasteiger partial charge on any atom is 0.410 e. The van der Waals surface area contributed by atoms with Gasteiger partial charge in [-0.3, -0.25) is 4.79 Å². The molecule has 0 unspecified atom stereocenters. The van der Waals surface area contributed by atoms with Gasteiger partial charge in [-0.1, -0.05) is 6.07 Å². The first-order valence-corrected chi connectivity index (χ1v) is 9.24. The van der Waals surface area contributed by atoms with E-state index in [2.05, 4.69) is 20.9 Å². The van der Waals surface area contributed by atoms with Crippen LogP contribution in [0.1, 0.15) is 27.7 Å². The highest BCUT2D eigenvalue weighted by atomic mass is 19.1. The van der Waals surface area contributed by atoms with E-state index in [-0.39, 0.29) is 24.6 Å². The van der Waals surface area contributed by atoms with Gasteiger partial charge in [0.05, 0.1) is 6.04 Å². The Kier molecular flexibility index (Phi) is 7.19. The minimum absolute atomic E-state index is 0.0246. The average Bonchev–Trinajstić information content (AvgIpc) is 2.53. The van der Waals surface area contributed by atoms with Crippen molar-refractivity contribution in [3.05, 3.63) is 30.1 Å². The minimum atomic E-state index is -0.527. The molecule has 0 bridgehead atoms. The number of nitrogens with one attached hydrogen (secondary N) is 3. The van der Waals surface area contributed by atoms with E-state index in [9.17, 15) is 14.0 Å². The highest BCUT2D eigenvalue weighted by Crippen LogP contribution is 2.15. The molecule has 1 heterocycles. The molecule has 1 aliphatic rings. The fraction of sp³-hybridized carbons (Fsp3) is 0.526. The number of carbonyl (C=O) groups excluding carboxylic acids is 2. The Labute approximate surface area is 164 Å². The van der Waals surface area contributed by atoms with Crippen molar-refractivity contribution in [2.45, 2.75) is 39.3 Å². The first kappa shape index (κ1) is 21.5. The number of carbonyl (C=O) groups is 2. The first-order chi connectivity index (χ1) is 13.2. The van der Waals surface area contributed by atoms with Crippen LogP contribution >= 0.6 is 0 Å². The van der Waals surface area contributed by atoms with Gasteiger partial charge >= 0.3 is 6.09 Å². The number of ether oxygens (including phenoxy) is 1. The Hall–Kier alpha value is -2.84. The number of anilines is 1. The lowest BCUT2D eigenvalue weighted by atomic mass is 10.1. The molecule has 1 aromatic carbocycles. The van der Waals surface area contributed by atoms with Crippen molar-refractivity contribution in [1.29, 1.82) is 0 Å². The Morgan fingerprint density at radius 2 is 2.04 bits per heavy atom. The zero-order valence-electron chi connectivity index (χ0n) is 16.7. The lowest BCUT2D eigenvalue weighted by Crippen LogP contribution is -2.63. The van der Waals surface area contributed by atoms with Gasteiger partial charge in [0, 0.05) is 25.3 Å². The first-order valence-electron chi connectivity index (χ1n) is 9.24. The van der Waals surface area contributed by atoms with Gasteiger partial charge in [-0.15, -0.1) is 0 Å². The number of aliphatic imine (C=N–C) groups is 1. The van der Waals surface area contributed by atoms with Gasteiger partial charge in [-0.25, -0.2) is 14.2 Å². The van der Waals surface area contributed by atoms with E-state index in [0.29, 0.717) is 31.3 Å². The summed E-state index contributed by atoms with van der Waals surface area (Å²) < 4.78 is 18.5. The van der Waals surface area contributed by atoms with Gasteiger partial charge in [0.15, 0.2) is 5.96 Å². The molecule has 0 radical (unpaired) electrons. The molecule has 1 aliphatic heterocycles. The molecule has 2 rings (SSSR count). The van der Waals surface area contributed by atoms with Gasteiger partial charge in [0.25, 0.3) is 0 Å². The van der Waals surface area contributed by atoms with Crippen molar-refractivity contribution in [2.75, 3.05) is 31.5 Å². The Morgan fingerprint density at radius 1 is 1.32 bits per heavy atom. The number of guanidine groups is 1. The van der Waals surface area contributed by atoms with Gasteiger partial charge in [0.2, 0.25) is 5.91 Å². The molecule has 1 aromatic rings. The summed E-state index contributed by atoms with van der Waals surface area (Å²) in [6.07, 6.45) is -0.345. The quantitative estimate of drug-likeness (QED) is 0.525. The molecule has 0 saturated carbocycles. The van der Waals surface area contributed by atoms with E-state index in [1.54, 1.807) is 11.0 Å². The Morgan fingerprint density at radius 3 is 2.64 bits per heavy atom. The van der Waals surface area contributed by atoms with Gasteiger partial charge in [0.1, 0.15) is 18.0 Å². The van der Waals surface area contributed by atoms with Crippen LogP contribution in [-0.4, -0.2) is 60.7 Å². The van der Waals surface area contributed by atoms with Crippen LogP contribution in [0.2, 0.25) is 0 Å². The third kappa shape index (κ3) is 7.05. The maximum absolute atomic E-state index is 13.2. The molecule has 0 spiro atoms. The molecular formula is C19H28FN5O3. The van der Waals surface area contributed by atoms with E-state index < -0.39 is 11.4 Å².